The van der Waals surface area contributed by atoms with Crippen LogP contribution in [0.3, 0.4) is 0 Å². The number of nitrogens with zero attached hydrogens (tertiary/aromatic N) is 1. The Morgan fingerprint density at radius 3 is 2.90 bits per heavy atom. The van der Waals surface area contributed by atoms with Gasteiger partial charge in [-0.15, -0.1) is 0 Å². The van der Waals surface area contributed by atoms with Crippen LogP contribution in [0.25, 0.3) is 5.69 Å². The molecule has 20 heavy (non-hydrogen) atoms. The number of aromatic nitrogens is 1. The average molecular weight is 274 g/mol. The van der Waals surface area contributed by atoms with E-state index in [1.54, 1.807) is 13.2 Å². The third kappa shape index (κ3) is 2.00. The highest BCUT2D eigenvalue weighted by molar-refractivity contribution is 5.52. The van der Waals surface area contributed by atoms with Crippen molar-refractivity contribution in [3.05, 3.63) is 47.0 Å². The molecule has 1 heterocycles. The molecule has 1 aromatic carbocycles. The van der Waals surface area contributed by atoms with Gasteiger partial charge in [0, 0.05) is 23.5 Å². The molecule has 2 N–H and O–H groups in total. The van der Waals surface area contributed by atoms with E-state index in [9.17, 15) is 4.39 Å². The van der Waals surface area contributed by atoms with Gasteiger partial charge in [0.1, 0.15) is 11.6 Å². The summed E-state index contributed by atoms with van der Waals surface area (Å²) in [6, 6.07) is 6.89. The number of hydrogen-bond acceptors (Lipinski definition) is 2. The minimum absolute atomic E-state index is 0.102. The van der Waals surface area contributed by atoms with E-state index in [4.69, 9.17) is 10.5 Å². The van der Waals surface area contributed by atoms with Gasteiger partial charge in [-0.1, -0.05) is 0 Å². The summed E-state index contributed by atoms with van der Waals surface area (Å²) in [5.74, 6) is 0.256. The van der Waals surface area contributed by atoms with Gasteiger partial charge in [0.05, 0.1) is 12.8 Å². The molecule has 0 radical (unpaired) electrons. The van der Waals surface area contributed by atoms with Crippen LogP contribution in [-0.4, -0.2) is 11.7 Å². The zero-order valence-corrected chi connectivity index (χ0v) is 11.8. The Bertz CT molecular complexity index is 648. The smallest absolute Gasteiger partial charge is 0.145 e. The van der Waals surface area contributed by atoms with Gasteiger partial charge >= 0.3 is 0 Å². The second-order valence-corrected chi connectivity index (χ2v) is 5.34. The van der Waals surface area contributed by atoms with E-state index in [1.807, 2.05) is 6.92 Å². The number of aryl methyl sites for hydroxylation is 1. The summed E-state index contributed by atoms with van der Waals surface area (Å²) in [7, 11) is 1.56. The summed E-state index contributed by atoms with van der Waals surface area (Å²) >= 11 is 0. The Balaban J connectivity index is 2.20. The minimum atomic E-state index is -0.291. The van der Waals surface area contributed by atoms with Crippen molar-refractivity contribution < 1.29 is 9.13 Å². The molecule has 106 valence electrons. The molecule has 1 aliphatic rings. The Labute approximate surface area is 118 Å². The molecule has 3 rings (SSSR count). The van der Waals surface area contributed by atoms with E-state index in [1.165, 1.54) is 23.4 Å². The van der Waals surface area contributed by atoms with E-state index in [0.29, 0.717) is 5.75 Å². The number of ether oxygens (including phenoxy) is 1. The van der Waals surface area contributed by atoms with E-state index in [-0.39, 0.29) is 11.9 Å². The van der Waals surface area contributed by atoms with Crippen LogP contribution in [0.4, 0.5) is 4.39 Å². The second-order valence-electron chi connectivity index (χ2n) is 5.34. The van der Waals surface area contributed by atoms with E-state index in [0.717, 1.165) is 30.6 Å². The first-order valence-corrected chi connectivity index (χ1v) is 6.92. The summed E-state index contributed by atoms with van der Waals surface area (Å²) in [6.45, 7) is 2.05. The maximum absolute atomic E-state index is 13.4. The lowest BCUT2D eigenvalue weighted by molar-refractivity contribution is 0.408. The number of methoxy groups -OCH3 is 1. The summed E-state index contributed by atoms with van der Waals surface area (Å²) in [5.41, 5.74) is 10.6. The number of halogens is 1. The molecule has 0 saturated carbocycles. The second kappa shape index (κ2) is 4.94. The summed E-state index contributed by atoms with van der Waals surface area (Å²) in [5, 5.41) is 0. The molecule has 1 aliphatic carbocycles. The first-order valence-electron chi connectivity index (χ1n) is 6.92. The van der Waals surface area contributed by atoms with E-state index in [2.05, 4.69) is 10.6 Å². The van der Waals surface area contributed by atoms with Crippen molar-refractivity contribution in [2.24, 2.45) is 5.73 Å². The number of hydrogen-bond donors (Lipinski definition) is 1. The van der Waals surface area contributed by atoms with Gasteiger partial charge in [-0.05, 0) is 49.9 Å². The Morgan fingerprint density at radius 2 is 2.15 bits per heavy atom. The highest BCUT2D eigenvalue weighted by Gasteiger charge is 2.24. The maximum atomic E-state index is 13.4. The van der Waals surface area contributed by atoms with Gasteiger partial charge in [-0.3, -0.25) is 0 Å². The van der Waals surface area contributed by atoms with Crippen LogP contribution in [0.15, 0.2) is 24.3 Å². The Hall–Kier alpha value is -1.81. The van der Waals surface area contributed by atoms with Gasteiger partial charge in [0.15, 0.2) is 0 Å². The molecule has 1 atom stereocenters. The molecule has 4 heteroatoms. The molecule has 0 aliphatic heterocycles. The van der Waals surface area contributed by atoms with Crippen LogP contribution in [0.2, 0.25) is 0 Å². The van der Waals surface area contributed by atoms with E-state index >= 15 is 0 Å². The van der Waals surface area contributed by atoms with Crippen molar-refractivity contribution >= 4 is 0 Å². The van der Waals surface area contributed by atoms with Crippen molar-refractivity contribution in [1.82, 2.24) is 4.57 Å². The SMILES string of the molecule is COc1cc(F)ccc1-n1c(C)cc2c1CCCC2N. The molecule has 3 nitrogen and oxygen atoms in total. The largest absolute Gasteiger partial charge is 0.494 e. The predicted octanol–water partition coefficient (Wildman–Crippen LogP) is 3.27. The van der Waals surface area contributed by atoms with E-state index < -0.39 is 0 Å². The van der Waals surface area contributed by atoms with Crippen molar-refractivity contribution in [3.8, 4) is 11.4 Å². The molecule has 0 bridgehead atoms. The van der Waals surface area contributed by atoms with Crippen LogP contribution < -0.4 is 10.5 Å². The molecular weight excluding hydrogens is 255 g/mol. The van der Waals surface area contributed by atoms with Crippen molar-refractivity contribution in [2.45, 2.75) is 32.2 Å². The number of rotatable bonds is 2. The van der Waals surface area contributed by atoms with Crippen LogP contribution in [0.5, 0.6) is 5.75 Å². The monoisotopic (exact) mass is 274 g/mol. The van der Waals surface area contributed by atoms with Gasteiger partial charge in [0.2, 0.25) is 0 Å². The Morgan fingerprint density at radius 1 is 1.35 bits per heavy atom. The zero-order valence-electron chi connectivity index (χ0n) is 11.8. The predicted molar refractivity (Wildman–Crippen MR) is 76.9 cm³/mol. The third-order valence-corrected chi connectivity index (χ3v) is 4.03. The molecular formula is C16H19FN2O. The molecule has 0 saturated heterocycles. The lowest BCUT2D eigenvalue weighted by Crippen LogP contribution is -2.18. The van der Waals surface area contributed by atoms with Crippen LogP contribution in [0.1, 0.15) is 35.8 Å². The summed E-state index contributed by atoms with van der Waals surface area (Å²) < 4.78 is 20.8. The van der Waals surface area contributed by atoms with Gasteiger partial charge in [0.25, 0.3) is 0 Å². The average Bonchev–Trinajstić information content (AvgIpc) is 2.77. The highest BCUT2D eigenvalue weighted by atomic mass is 19.1. The van der Waals surface area contributed by atoms with Crippen LogP contribution in [0, 0.1) is 12.7 Å². The fourth-order valence-corrected chi connectivity index (χ4v) is 3.11. The maximum Gasteiger partial charge on any atom is 0.145 e. The molecule has 0 fully saturated rings. The van der Waals surface area contributed by atoms with Crippen LogP contribution in [-0.2, 0) is 6.42 Å². The fraction of sp³-hybridized carbons (Fsp3) is 0.375. The molecule has 0 amide bonds. The quantitative estimate of drug-likeness (QED) is 0.913. The van der Waals surface area contributed by atoms with Crippen molar-refractivity contribution in [2.75, 3.05) is 7.11 Å². The highest BCUT2D eigenvalue weighted by Crippen LogP contribution is 2.35. The number of nitrogens with two attached hydrogens (primary N) is 1. The standard InChI is InChI=1S/C16H19FN2O/c1-10-8-12-13(18)4-3-5-14(12)19(10)15-7-6-11(17)9-16(15)20-2/h6-9,13H,3-5,18H2,1-2H3. The fourth-order valence-electron chi connectivity index (χ4n) is 3.11. The van der Waals surface area contributed by atoms with Gasteiger partial charge in [-0.2, -0.15) is 0 Å². The van der Waals surface area contributed by atoms with Gasteiger partial charge in [-0.25, -0.2) is 4.39 Å². The first-order chi connectivity index (χ1) is 9.61. The molecule has 0 spiro atoms. The lowest BCUT2D eigenvalue weighted by Gasteiger charge is -2.22. The topological polar surface area (TPSA) is 40.2 Å². The van der Waals surface area contributed by atoms with Crippen molar-refractivity contribution in [1.29, 1.82) is 0 Å². The zero-order chi connectivity index (χ0) is 14.3. The minimum Gasteiger partial charge on any atom is -0.494 e. The summed E-state index contributed by atoms with van der Waals surface area (Å²) in [4.78, 5) is 0. The lowest BCUT2D eigenvalue weighted by atomic mass is 9.93. The normalized spacial score (nSPS) is 17.9. The number of benzene rings is 1. The molecule has 1 aromatic heterocycles. The number of fused-ring (bicyclic) bond motifs is 1. The third-order valence-electron chi connectivity index (χ3n) is 4.03. The molecule has 2 aromatic rings. The molecule has 1 unspecified atom stereocenters. The summed E-state index contributed by atoms with van der Waals surface area (Å²) in [6.07, 6.45) is 3.11. The van der Waals surface area contributed by atoms with Gasteiger partial charge < -0.3 is 15.0 Å². The van der Waals surface area contributed by atoms with Crippen LogP contribution >= 0.6 is 0 Å². The van der Waals surface area contributed by atoms with Crippen molar-refractivity contribution in [3.63, 3.8) is 0 Å². The Kier molecular flexibility index (Phi) is 3.26. The first kappa shape index (κ1) is 13.2.